The Morgan fingerprint density at radius 1 is 0.958 bits per heavy atom. The first kappa shape index (κ1) is 36.8. The van der Waals surface area contributed by atoms with E-state index < -0.39 is 41.2 Å². The highest BCUT2D eigenvalue weighted by atomic mass is 32.2. The molecule has 0 fully saturated rings. The number of anilines is 3. The average molecular weight is 693 g/mol. The van der Waals surface area contributed by atoms with Crippen LogP contribution in [0.2, 0.25) is 0 Å². The lowest BCUT2D eigenvalue weighted by atomic mass is 10.0. The van der Waals surface area contributed by atoms with Crippen molar-refractivity contribution < 1.29 is 42.1 Å². The second kappa shape index (κ2) is 14.6. The van der Waals surface area contributed by atoms with Gasteiger partial charge < -0.3 is 30.1 Å². The minimum absolute atomic E-state index is 0.00152. The van der Waals surface area contributed by atoms with Gasteiger partial charge in [0.25, 0.3) is 0 Å². The van der Waals surface area contributed by atoms with Gasteiger partial charge in [-0.15, -0.1) is 0 Å². The highest BCUT2D eigenvalue weighted by molar-refractivity contribution is 7.99. The molecule has 0 atom stereocenters. The van der Waals surface area contributed by atoms with Crippen LogP contribution in [0.25, 0.3) is 5.57 Å². The third kappa shape index (κ3) is 9.74. The molecule has 3 amide bonds. The summed E-state index contributed by atoms with van der Waals surface area (Å²) in [4.78, 5) is 40.8. The Morgan fingerprint density at radius 2 is 1.67 bits per heavy atom. The van der Waals surface area contributed by atoms with Gasteiger partial charge in [-0.1, -0.05) is 23.9 Å². The maximum absolute atomic E-state index is 14.1. The van der Waals surface area contributed by atoms with Crippen molar-refractivity contribution in [2.75, 3.05) is 36.4 Å². The first-order valence-corrected chi connectivity index (χ1v) is 16.6. The Labute approximate surface area is 283 Å². The fourth-order valence-electron chi connectivity index (χ4n) is 5.29. The van der Waals surface area contributed by atoms with Gasteiger partial charge in [-0.2, -0.15) is 13.2 Å². The number of amides is 3. The summed E-state index contributed by atoms with van der Waals surface area (Å²) in [7, 11) is 0. The second-order valence-electron chi connectivity index (χ2n) is 13.6. The van der Waals surface area contributed by atoms with Gasteiger partial charge in [0.15, 0.2) is 0 Å². The summed E-state index contributed by atoms with van der Waals surface area (Å²) in [6.07, 6.45) is -2.01. The molecule has 0 unspecified atom stereocenters. The first-order valence-electron chi connectivity index (χ1n) is 15.8. The SMILES string of the molecule is CC(C)(C)OC(=O)NCCN(CCCNc1cc(C(F)(F)F)cc2c1N(C(=O)O)c1ccc(C3=CCCC3)cc1S2)C(=O)OC(C)(C)C. The molecule has 0 saturated carbocycles. The molecule has 262 valence electrons. The number of nitrogens with zero attached hydrogens (tertiary/aromatic N) is 2. The number of carbonyl (C=O) groups excluding carboxylic acids is 2. The van der Waals surface area contributed by atoms with Crippen LogP contribution < -0.4 is 15.5 Å². The van der Waals surface area contributed by atoms with E-state index in [0.717, 1.165) is 59.2 Å². The predicted molar refractivity (Wildman–Crippen MR) is 179 cm³/mol. The van der Waals surface area contributed by atoms with Crippen LogP contribution >= 0.6 is 11.8 Å². The molecule has 4 rings (SSSR count). The Morgan fingerprint density at radius 3 is 2.27 bits per heavy atom. The minimum atomic E-state index is -4.68. The summed E-state index contributed by atoms with van der Waals surface area (Å²) in [6, 6.07) is 7.27. The van der Waals surface area contributed by atoms with Gasteiger partial charge in [-0.3, -0.25) is 0 Å². The van der Waals surface area contributed by atoms with Gasteiger partial charge in [0.1, 0.15) is 11.2 Å². The van der Waals surface area contributed by atoms with Crippen molar-refractivity contribution in [1.29, 1.82) is 0 Å². The quantitative estimate of drug-likeness (QED) is 0.223. The molecule has 10 nitrogen and oxygen atoms in total. The van der Waals surface area contributed by atoms with Gasteiger partial charge in [0.2, 0.25) is 0 Å². The fraction of sp³-hybridized carbons (Fsp3) is 0.500. The zero-order valence-electron chi connectivity index (χ0n) is 28.0. The molecule has 14 heteroatoms. The summed E-state index contributed by atoms with van der Waals surface area (Å²) < 4.78 is 53.0. The lowest BCUT2D eigenvalue weighted by Gasteiger charge is -2.32. The maximum atomic E-state index is 14.1. The van der Waals surface area contributed by atoms with E-state index in [1.54, 1.807) is 47.6 Å². The zero-order valence-corrected chi connectivity index (χ0v) is 28.9. The van der Waals surface area contributed by atoms with E-state index in [0.29, 0.717) is 10.6 Å². The fourth-order valence-corrected chi connectivity index (χ4v) is 6.46. The van der Waals surface area contributed by atoms with Crippen molar-refractivity contribution >= 4 is 52.7 Å². The first-order chi connectivity index (χ1) is 22.3. The molecular weight excluding hydrogens is 649 g/mol. The molecule has 2 aromatic carbocycles. The smallest absolute Gasteiger partial charge is 0.416 e. The zero-order chi connectivity index (χ0) is 35.4. The van der Waals surface area contributed by atoms with Crippen LogP contribution in [0.1, 0.15) is 78.4 Å². The molecule has 0 bridgehead atoms. The van der Waals surface area contributed by atoms with Crippen molar-refractivity contribution in [2.45, 2.75) is 94.4 Å². The van der Waals surface area contributed by atoms with Gasteiger partial charge in [0.05, 0.1) is 22.6 Å². The number of halogens is 3. The molecule has 0 aromatic heterocycles. The maximum Gasteiger partial charge on any atom is 0.416 e. The molecule has 3 N–H and O–H groups in total. The summed E-state index contributed by atoms with van der Waals surface area (Å²) in [6.45, 7) is 10.7. The van der Waals surface area contributed by atoms with Crippen LogP contribution in [0, 0.1) is 0 Å². The Bertz CT molecular complexity index is 1570. The number of allylic oxidation sites excluding steroid dienone is 2. The number of hydrogen-bond acceptors (Lipinski definition) is 7. The van der Waals surface area contributed by atoms with Gasteiger partial charge in [0, 0.05) is 36.0 Å². The number of ether oxygens (including phenoxy) is 2. The number of nitrogens with one attached hydrogen (secondary N) is 2. The highest BCUT2D eigenvalue weighted by Gasteiger charge is 2.37. The number of fused-ring (bicyclic) bond motifs is 2. The Kier molecular flexibility index (Phi) is 11.2. The average Bonchev–Trinajstić information content (AvgIpc) is 3.49. The van der Waals surface area contributed by atoms with E-state index in [9.17, 15) is 32.7 Å². The lowest BCUT2D eigenvalue weighted by molar-refractivity contribution is -0.137. The third-order valence-electron chi connectivity index (χ3n) is 7.27. The third-order valence-corrected chi connectivity index (χ3v) is 8.35. The molecule has 0 spiro atoms. The molecule has 1 aliphatic heterocycles. The van der Waals surface area contributed by atoms with E-state index in [1.807, 2.05) is 12.1 Å². The predicted octanol–water partition coefficient (Wildman–Crippen LogP) is 9.12. The summed E-state index contributed by atoms with van der Waals surface area (Å²) in [5.74, 6) is 0. The van der Waals surface area contributed by atoms with Crippen molar-refractivity contribution in [3.05, 3.63) is 47.5 Å². The van der Waals surface area contributed by atoms with Gasteiger partial charge in [-0.05, 0) is 103 Å². The second-order valence-corrected chi connectivity index (χ2v) is 14.7. The monoisotopic (exact) mass is 692 g/mol. The highest BCUT2D eigenvalue weighted by Crippen LogP contribution is 2.53. The molecular formula is C34H43F3N4O6S. The lowest BCUT2D eigenvalue weighted by Crippen LogP contribution is -2.43. The van der Waals surface area contributed by atoms with Crippen molar-refractivity contribution in [1.82, 2.24) is 10.2 Å². The molecule has 0 saturated heterocycles. The van der Waals surface area contributed by atoms with Crippen LogP contribution in [-0.4, -0.2) is 65.7 Å². The normalized spacial score (nSPS) is 14.4. The standard InChI is InChI=1S/C34H43F3N4O6S/c1-32(2,3)46-29(42)39-15-17-40(31(45)47-33(4,5)6)16-9-14-38-24-19-23(34(35,36)37)20-27-28(24)41(30(43)44)25-13-12-22(18-26(25)48-27)21-10-7-8-11-21/h10,12-13,18-20,38H,7-9,11,14-17H2,1-6H3,(H,39,42)(H,43,44). The van der Waals surface area contributed by atoms with Crippen LogP contribution in [-0.2, 0) is 15.7 Å². The molecule has 1 heterocycles. The molecule has 2 aromatic rings. The molecule has 2 aliphatic rings. The van der Waals surface area contributed by atoms with Crippen molar-refractivity contribution in [2.24, 2.45) is 0 Å². The van der Waals surface area contributed by atoms with Crippen LogP contribution in [0.3, 0.4) is 0 Å². The van der Waals surface area contributed by atoms with E-state index in [4.69, 9.17) is 9.47 Å². The number of alkyl carbamates (subject to hydrolysis) is 1. The number of carbonyl (C=O) groups is 3. The largest absolute Gasteiger partial charge is 0.464 e. The summed E-state index contributed by atoms with van der Waals surface area (Å²) in [5.41, 5.74) is 0.127. The number of hydrogen-bond donors (Lipinski definition) is 3. The topological polar surface area (TPSA) is 120 Å². The van der Waals surface area contributed by atoms with E-state index in [1.165, 1.54) is 4.90 Å². The van der Waals surface area contributed by atoms with Crippen LogP contribution in [0.15, 0.2) is 46.2 Å². The van der Waals surface area contributed by atoms with Crippen LogP contribution in [0.4, 0.5) is 44.6 Å². The van der Waals surface area contributed by atoms with Crippen LogP contribution in [0.5, 0.6) is 0 Å². The van der Waals surface area contributed by atoms with Gasteiger partial charge in [-0.25, -0.2) is 19.3 Å². The van der Waals surface area contributed by atoms with Crippen molar-refractivity contribution in [3.63, 3.8) is 0 Å². The van der Waals surface area contributed by atoms with E-state index in [2.05, 4.69) is 16.7 Å². The number of carboxylic acid groups (broad SMARTS) is 1. The number of alkyl halides is 3. The van der Waals surface area contributed by atoms with Crippen molar-refractivity contribution in [3.8, 4) is 0 Å². The Hall–Kier alpha value is -4.07. The minimum Gasteiger partial charge on any atom is -0.464 e. The van der Waals surface area contributed by atoms with E-state index in [-0.39, 0.29) is 48.9 Å². The molecule has 1 aliphatic carbocycles. The van der Waals surface area contributed by atoms with E-state index >= 15 is 0 Å². The number of rotatable bonds is 9. The summed E-state index contributed by atoms with van der Waals surface area (Å²) >= 11 is 1.10. The number of benzene rings is 2. The molecule has 48 heavy (non-hydrogen) atoms. The van der Waals surface area contributed by atoms with Gasteiger partial charge >= 0.3 is 24.5 Å². The summed E-state index contributed by atoms with van der Waals surface area (Å²) in [5, 5.41) is 15.9. The molecule has 0 radical (unpaired) electrons. The Balaban J connectivity index is 1.54.